The summed E-state index contributed by atoms with van der Waals surface area (Å²) in [5.74, 6) is 0. The van der Waals surface area contributed by atoms with Gasteiger partial charge in [0.1, 0.15) is 0 Å². The Labute approximate surface area is 131 Å². The summed E-state index contributed by atoms with van der Waals surface area (Å²) in [6.07, 6.45) is -5.16. The number of halogens is 4. The molecule has 0 aliphatic rings. The summed E-state index contributed by atoms with van der Waals surface area (Å²) in [5, 5.41) is 12.6. The fourth-order valence-corrected chi connectivity index (χ4v) is 2.34. The Bertz CT molecular complexity index is 450. The first-order valence-corrected chi connectivity index (χ1v) is 7.58. The molecule has 0 aromatic heterocycles. The van der Waals surface area contributed by atoms with E-state index in [1.165, 1.54) is 12.1 Å². The molecular weight excluding hydrogens is 349 g/mol. The van der Waals surface area contributed by atoms with Gasteiger partial charge in [0.25, 0.3) is 0 Å². The van der Waals surface area contributed by atoms with Crippen LogP contribution in [0.1, 0.15) is 19.4 Å². The number of anilines is 1. The van der Waals surface area contributed by atoms with Gasteiger partial charge in [-0.3, -0.25) is 0 Å². The molecule has 0 aliphatic carbocycles. The first-order valence-electron chi connectivity index (χ1n) is 6.79. The molecule has 1 aromatic rings. The molecule has 1 rings (SSSR count). The minimum atomic E-state index is -4.43. The van der Waals surface area contributed by atoms with Crippen LogP contribution in [0.5, 0.6) is 0 Å². The minimum absolute atomic E-state index is 0.0238. The van der Waals surface area contributed by atoms with Gasteiger partial charge in [-0.15, -0.1) is 0 Å². The molecule has 0 fully saturated rings. The number of aliphatic hydroxyl groups excluding tert-OH is 1. The second-order valence-corrected chi connectivity index (χ2v) is 5.62. The zero-order chi connectivity index (χ0) is 16.0. The molecule has 21 heavy (non-hydrogen) atoms. The topological polar surface area (TPSA) is 35.5 Å². The second-order valence-electron chi connectivity index (χ2n) is 4.71. The number of aliphatic hydroxyl groups is 1. The number of rotatable bonds is 7. The van der Waals surface area contributed by atoms with E-state index in [0.717, 1.165) is 19.2 Å². The van der Waals surface area contributed by atoms with Gasteiger partial charge in [0.05, 0.1) is 11.7 Å². The first-order chi connectivity index (χ1) is 9.77. The van der Waals surface area contributed by atoms with Gasteiger partial charge in [-0.05, 0) is 31.3 Å². The number of benzene rings is 1. The zero-order valence-corrected chi connectivity index (χ0v) is 13.6. The van der Waals surface area contributed by atoms with Gasteiger partial charge in [0.15, 0.2) is 0 Å². The van der Waals surface area contributed by atoms with Crippen LogP contribution in [0.25, 0.3) is 0 Å². The van der Waals surface area contributed by atoms with Crippen molar-refractivity contribution in [1.29, 1.82) is 0 Å². The highest BCUT2D eigenvalue weighted by Crippen LogP contribution is 2.36. The van der Waals surface area contributed by atoms with Gasteiger partial charge in [-0.2, -0.15) is 13.2 Å². The van der Waals surface area contributed by atoms with Crippen molar-refractivity contribution >= 4 is 21.6 Å². The third kappa shape index (κ3) is 5.84. The van der Waals surface area contributed by atoms with Crippen molar-refractivity contribution in [2.75, 3.05) is 31.5 Å². The van der Waals surface area contributed by atoms with Crippen LogP contribution in [0.3, 0.4) is 0 Å². The van der Waals surface area contributed by atoms with Crippen LogP contribution in [-0.4, -0.2) is 42.3 Å². The lowest BCUT2D eigenvalue weighted by Gasteiger charge is -2.23. The second kappa shape index (κ2) is 8.00. The Balaban J connectivity index is 2.71. The molecule has 7 heteroatoms. The molecule has 0 saturated carbocycles. The van der Waals surface area contributed by atoms with E-state index in [4.69, 9.17) is 0 Å². The lowest BCUT2D eigenvalue weighted by atomic mass is 10.1. The van der Waals surface area contributed by atoms with Crippen LogP contribution in [0, 0.1) is 0 Å². The lowest BCUT2D eigenvalue weighted by molar-refractivity contribution is -0.137. The average Bonchev–Trinajstić information content (AvgIpc) is 2.42. The van der Waals surface area contributed by atoms with Gasteiger partial charge < -0.3 is 15.3 Å². The fraction of sp³-hybridized carbons (Fsp3) is 0.571. The van der Waals surface area contributed by atoms with E-state index in [-0.39, 0.29) is 12.2 Å². The van der Waals surface area contributed by atoms with Crippen LogP contribution in [0.4, 0.5) is 18.9 Å². The molecule has 0 amide bonds. The molecule has 0 bridgehead atoms. The van der Waals surface area contributed by atoms with Gasteiger partial charge >= 0.3 is 6.18 Å². The predicted octanol–water partition coefficient (Wildman–Crippen LogP) is 3.58. The number of nitrogens with one attached hydrogen (secondary N) is 1. The van der Waals surface area contributed by atoms with E-state index in [0.29, 0.717) is 11.0 Å². The first kappa shape index (κ1) is 18.3. The van der Waals surface area contributed by atoms with Crippen molar-refractivity contribution < 1.29 is 18.3 Å². The third-order valence-corrected chi connectivity index (χ3v) is 3.67. The van der Waals surface area contributed by atoms with E-state index >= 15 is 0 Å². The van der Waals surface area contributed by atoms with Crippen LogP contribution in [0.15, 0.2) is 22.7 Å². The summed E-state index contributed by atoms with van der Waals surface area (Å²) >= 11 is 3.04. The van der Waals surface area contributed by atoms with Crippen LogP contribution < -0.4 is 5.32 Å². The van der Waals surface area contributed by atoms with Crippen LogP contribution >= 0.6 is 15.9 Å². The molecule has 0 aliphatic heterocycles. The van der Waals surface area contributed by atoms with Crippen molar-refractivity contribution in [2.45, 2.75) is 26.1 Å². The largest absolute Gasteiger partial charge is 0.418 e. The van der Waals surface area contributed by atoms with Gasteiger partial charge in [0.2, 0.25) is 0 Å². The highest BCUT2D eigenvalue weighted by Gasteiger charge is 2.33. The number of hydrogen-bond acceptors (Lipinski definition) is 3. The van der Waals surface area contributed by atoms with Crippen LogP contribution in [0.2, 0.25) is 0 Å². The standard InChI is InChI=1S/C14H20BrF3N2O/c1-3-20(4-2)9-11(21)8-19-13-6-5-10(15)7-12(13)14(16,17)18/h5-7,11,19,21H,3-4,8-9H2,1-2H3. The SMILES string of the molecule is CCN(CC)CC(O)CNc1ccc(Br)cc1C(F)(F)F. The molecule has 120 valence electrons. The Morgan fingerprint density at radius 2 is 1.90 bits per heavy atom. The van der Waals surface area contributed by atoms with Crippen LogP contribution in [-0.2, 0) is 6.18 Å². The van der Waals surface area contributed by atoms with Crippen molar-refractivity contribution in [3.63, 3.8) is 0 Å². The quantitative estimate of drug-likeness (QED) is 0.771. The Kier molecular flexibility index (Phi) is 6.96. The maximum Gasteiger partial charge on any atom is 0.418 e. The smallest absolute Gasteiger partial charge is 0.390 e. The van der Waals surface area contributed by atoms with Gasteiger partial charge in [-0.25, -0.2) is 0 Å². The Hall–Kier alpha value is -0.790. The monoisotopic (exact) mass is 368 g/mol. The number of likely N-dealkylation sites (N-methyl/N-ethyl adjacent to an activating group) is 1. The molecule has 1 aromatic carbocycles. The summed E-state index contributed by atoms with van der Waals surface area (Å²) in [6, 6.07) is 3.92. The normalized spacial score (nSPS) is 13.5. The number of hydrogen-bond donors (Lipinski definition) is 2. The van der Waals surface area contributed by atoms with Crippen molar-refractivity contribution in [3.05, 3.63) is 28.2 Å². The molecular formula is C14H20BrF3N2O. The van der Waals surface area contributed by atoms with Gasteiger partial charge in [0, 0.05) is 23.2 Å². The average molecular weight is 369 g/mol. The molecule has 0 saturated heterocycles. The van der Waals surface area contributed by atoms with E-state index < -0.39 is 17.8 Å². The number of alkyl halides is 3. The maximum absolute atomic E-state index is 12.9. The highest BCUT2D eigenvalue weighted by atomic mass is 79.9. The Morgan fingerprint density at radius 3 is 2.43 bits per heavy atom. The van der Waals surface area contributed by atoms with Crippen molar-refractivity contribution in [1.82, 2.24) is 4.90 Å². The summed E-state index contributed by atoms with van der Waals surface area (Å²) in [6.45, 7) is 6.03. The van der Waals surface area contributed by atoms with E-state index in [1.807, 2.05) is 18.7 Å². The molecule has 3 nitrogen and oxygen atoms in total. The van der Waals surface area contributed by atoms with Gasteiger partial charge in [-0.1, -0.05) is 29.8 Å². The van der Waals surface area contributed by atoms with Crippen molar-refractivity contribution in [3.8, 4) is 0 Å². The van der Waals surface area contributed by atoms with E-state index in [2.05, 4.69) is 21.2 Å². The molecule has 1 atom stereocenters. The van der Waals surface area contributed by atoms with E-state index in [1.54, 1.807) is 0 Å². The zero-order valence-electron chi connectivity index (χ0n) is 12.0. The summed E-state index contributed by atoms with van der Waals surface area (Å²) < 4.78 is 39.2. The molecule has 1 unspecified atom stereocenters. The minimum Gasteiger partial charge on any atom is -0.390 e. The maximum atomic E-state index is 12.9. The molecule has 0 spiro atoms. The molecule has 2 N–H and O–H groups in total. The summed E-state index contributed by atoms with van der Waals surface area (Å²) in [4.78, 5) is 2.01. The third-order valence-electron chi connectivity index (χ3n) is 3.18. The summed E-state index contributed by atoms with van der Waals surface area (Å²) in [7, 11) is 0. The lowest BCUT2D eigenvalue weighted by Crippen LogP contribution is -2.36. The van der Waals surface area contributed by atoms with Crippen molar-refractivity contribution in [2.24, 2.45) is 0 Å². The number of nitrogens with zero attached hydrogens (tertiary/aromatic N) is 1. The fourth-order valence-electron chi connectivity index (χ4n) is 1.98. The Morgan fingerprint density at radius 1 is 1.29 bits per heavy atom. The molecule has 0 heterocycles. The molecule has 0 radical (unpaired) electrons. The van der Waals surface area contributed by atoms with E-state index in [9.17, 15) is 18.3 Å². The highest BCUT2D eigenvalue weighted by molar-refractivity contribution is 9.10. The predicted molar refractivity (Wildman–Crippen MR) is 81.4 cm³/mol. The summed E-state index contributed by atoms with van der Waals surface area (Å²) in [5.41, 5.74) is -0.767.